The van der Waals surface area contributed by atoms with Gasteiger partial charge in [0.1, 0.15) is 5.82 Å². The second-order valence-corrected chi connectivity index (χ2v) is 7.07. The zero-order chi connectivity index (χ0) is 20.5. The number of nitrogens with two attached hydrogens (primary N) is 1. The summed E-state index contributed by atoms with van der Waals surface area (Å²) in [4.78, 5) is 26.8. The molecule has 0 aromatic carbocycles. The third kappa shape index (κ3) is 6.82. The number of rotatable bonds is 7. The van der Waals surface area contributed by atoms with Crippen LogP contribution >= 0.6 is 24.0 Å². The molecule has 0 saturated carbocycles. The van der Waals surface area contributed by atoms with Crippen molar-refractivity contribution >= 4 is 41.7 Å². The number of amides is 1. The van der Waals surface area contributed by atoms with Gasteiger partial charge in [0.25, 0.3) is 0 Å². The number of piperidine rings is 1. The number of nitrogens with zero attached hydrogens (tertiary/aromatic N) is 4. The summed E-state index contributed by atoms with van der Waals surface area (Å²) < 4.78 is 0. The first-order valence-corrected chi connectivity index (χ1v) is 10.00. The van der Waals surface area contributed by atoms with Crippen LogP contribution in [0.15, 0.2) is 47.7 Å². The van der Waals surface area contributed by atoms with Crippen molar-refractivity contribution in [3.8, 4) is 0 Å². The highest BCUT2D eigenvalue weighted by atomic mass is 127. The second-order valence-electron chi connectivity index (χ2n) is 7.07. The number of nitrogens with one attached hydrogen (secondary N) is 2. The first-order valence-electron chi connectivity index (χ1n) is 10.00. The largest absolute Gasteiger partial charge is 0.369 e. The molecule has 3 heterocycles. The first-order chi connectivity index (χ1) is 14.2. The molecule has 3 rings (SSSR count). The Morgan fingerprint density at radius 1 is 1.17 bits per heavy atom. The molecule has 162 valence electrons. The van der Waals surface area contributed by atoms with Gasteiger partial charge in [0, 0.05) is 69.2 Å². The lowest BCUT2D eigenvalue weighted by atomic mass is 9.96. The number of hydrogen-bond donors (Lipinski definition) is 3. The van der Waals surface area contributed by atoms with Crippen molar-refractivity contribution in [2.75, 3.05) is 31.6 Å². The van der Waals surface area contributed by atoms with Gasteiger partial charge in [-0.1, -0.05) is 12.1 Å². The molecule has 0 spiro atoms. The fraction of sp³-hybridized carbons (Fsp3) is 0.429. The summed E-state index contributed by atoms with van der Waals surface area (Å²) in [6, 6.07) is 9.93. The van der Waals surface area contributed by atoms with Crippen molar-refractivity contribution in [3.05, 3.63) is 54.0 Å². The predicted octanol–water partition coefficient (Wildman–Crippen LogP) is 1.70. The van der Waals surface area contributed by atoms with E-state index in [0.717, 1.165) is 61.9 Å². The minimum atomic E-state index is -0.201. The van der Waals surface area contributed by atoms with Gasteiger partial charge in [0.15, 0.2) is 5.96 Å². The van der Waals surface area contributed by atoms with E-state index in [1.807, 2.05) is 24.3 Å². The zero-order valence-corrected chi connectivity index (χ0v) is 19.6. The molecule has 9 heteroatoms. The number of carbonyl (C=O) groups is 1. The Morgan fingerprint density at radius 2 is 1.93 bits per heavy atom. The molecule has 1 fully saturated rings. The second kappa shape index (κ2) is 12.3. The van der Waals surface area contributed by atoms with Crippen LogP contribution in [0.2, 0.25) is 0 Å². The Balaban J connectivity index is 0.00000320. The summed E-state index contributed by atoms with van der Waals surface area (Å²) >= 11 is 0. The number of anilines is 1. The van der Waals surface area contributed by atoms with E-state index < -0.39 is 0 Å². The molecule has 0 atom stereocenters. The number of guanidine groups is 1. The van der Waals surface area contributed by atoms with Crippen molar-refractivity contribution in [1.82, 2.24) is 20.6 Å². The van der Waals surface area contributed by atoms with E-state index in [-0.39, 0.29) is 35.8 Å². The topological polar surface area (TPSA) is 109 Å². The van der Waals surface area contributed by atoms with Crippen molar-refractivity contribution in [3.63, 3.8) is 0 Å². The third-order valence-electron chi connectivity index (χ3n) is 5.13. The highest BCUT2D eigenvalue weighted by molar-refractivity contribution is 14.0. The van der Waals surface area contributed by atoms with Gasteiger partial charge >= 0.3 is 0 Å². The minimum Gasteiger partial charge on any atom is -0.369 e. The lowest BCUT2D eigenvalue weighted by molar-refractivity contribution is -0.122. The average Bonchev–Trinajstić information content (AvgIpc) is 2.77. The summed E-state index contributed by atoms with van der Waals surface area (Å²) in [7, 11) is 1.76. The van der Waals surface area contributed by atoms with Gasteiger partial charge in [-0.25, -0.2) is 4.98 Å². The van der Waals surface area contributed by atoms with Crippen LogP contribution in [-0.4, -0.2) is 48.5 Å². The minimum absolute atomic E-state index is 0. The molecular formula is C21H30IN7O. The third-order valence-corrected chi connectivity index (χ3v) is 5.13. The van der Waals surface area contributed by atoms with Crippen LogP contribution in [0, 0.1) is 5.92 Å². The number of halogens is 1. The SMILES string of the molecule is CN=C(NCCc1ccccn1)NCc1cccnc1N1CCC(C(N)=O)CC1.I. The number of aliphatic imine (C=N–C) groups is 1. The van der Waals surface area contributed by atoms with Crippen LogP contribution in [-0.2, 0) is 17.8 Å². The number of carbonyl (C=O) groups excluding carboxylic acids is 1. The van der Waals surface area contributed by atoms with Crippen molar-refractivity contribution in [1.29, 1.82) is 0 Å². The lowest BCUT2D eigenvalue weighted by Crippen LogP contribution is -2.40. The van der Waals surface area contributed by atoms with Crippen LogP contribution in [0.3, 0.4) is 0 Å². The monoisotopic (exact) mass is 523 g/mol. The molecule has 2 aromatic heterocycles. The molecule has 2 aromatic rings. The van der Waals surface area contributed by atoms with Gasteiger partial charge in [-0.15, -0.1) is 24.0 Å². The standard InChI is InChI=1S/C21H29N7O.HI/c1-23-21(26-12-7-18-6-2-3-10-24-18)27-15-17-5-4-11-25-20(17)28-13-8-16(9-14-28)19(22)29;/h2-6,10-11,16H,7-9,12-15H2,1H3,(H2,22,29)(H2,23,26,27);1H. The Morgan fingerprint density at radius 3 is 2.60 bits per heavy atom. The van der Waals surface area contributed by atoms with E-state index in [0.29, 0.717) is 6.54 Å². The van der Waals surface area contributed by atoms with Crippen molar-refractivity contribution in [2.24, 2.45) is 16.6 Å². The Bertz CT molecular complexity index is 823. The molecule has 0 radical (unpaired) electrons. The van der Waals surface area contributed by atoms with Crippen molar-refractivity contribution in [2.45, 2.75) is 25.8 Å². The molecule has 30 heavy (non-hydrogen) atoms. The molecule has 1 amide bonds. The Hall–Kier alpha value is -2.43. The fourth-order valence-corrected chi connectivity index (χ4v) is 3.48. The molecule has 1 saturated heterocycles. The first kappa shape index (κ1) is 23.8. The molecular weight excluding hydrogens is 493 g/mol. The van der Waals surface area contributed by atoms with E-state index >= 15 is 0 Å². The van der Waals surface area contributed by atoms with Gasteiger partial charge < -0.3 is 21.3 Å². The summed E-state index contributed by atoms with van der Waals surface area (Å²) in [5, 5.41) is 6.68. The van der Waals surface area contributed by atoms with Gasteiger partial charge in [-0.3, -0.25) is 14.8 Å². The van der Waals surface area contributed by atoms with Crippen LogP contribution in [0.1, 0.15) is 24.1 Å². The summed E-state index contributed by atoms with van der Waals surface area (Å²) in [5.41, 5.74) is 7.59. The van der Waals surface area contributed by atoms with Crippen LogP contribution in [0.25, 0.3) is 0 Å². The molecule has 0 aliphatic carbocycles. The number of aromatic nitrogens is 2. The highest BCUT2D eigenvalue weighted by Gasteiger charge is 2.24. The van der Waals surface area contributed by atoms with Crippen LogP contribution < -0.4 is 21.3 Å². The van der Waals surface area contributed by atoms with Gasteiger partial charge in [-0.05, 0) is 31.0 Å². The molecule has 4 N–H and O–H groups in total. The quantitative estimate of drug-likeness (QED) is 0.290. The highest BCUT2D eigenvalue weighted by Crippen LogP contribution is 2.24. The van der Waals surface area contributed by atoms with Crippen LogP contribution in [0.5, 0.6) is 0 Å². The Labute approximate surface area is 194 Å². The summed E-state index contributed by atoms with van der Waals surface area (Å²) in [6.07, 6.45) is 5.98. The van der Waals surface area contributed by atoms with Gasteiger partial charge in [0.05, 0.1) is 0 Å². The maximum Gasteiger partial charge on any atom is 0.220 e. The molecule has 0 bridgehead atoms. The molecule has 1 aliphatic heterocycles. The predicted molar refractivity (Wildman–Crippen MR) is 130 cm³/mol. The smallest absolute Gasteiger partial charge is 0.220 e. The maximum absolute atomic E-state index is 11.4. The van der Waals surface area contributed by atoms with Crippen molar-refractivity contribution < 1.29 is 4.79 Å². The number of hydrogen-bond acceptors (Lipinski definition) is 5. The number of primary amides is 1. The average molecular weight is 523 g/mol. The molecule has 8 nitrogen and oxygen atoms in total. The molecule has 0 unspecified atom stereocenters. The lowest BCUT2D eigenvalue weighted by Gasteiger charge is -2.32. The maximum atomic E-state index is 11.4. The normalized spacial score (nSPS) is 14.7. The van der Waals surface area contributed by atoms with Gasteiger partial charge in [-0.2, -0.15) is 0 Å². The van der Waals surface area contributed by atoms with E-state index in [1.54, 1.807) is 19.4 Å². The van der Waals surface area contributed by atoms with Crippen LogP contribution in [0.4, 0.5) is 5.82 Å². The van der Waals surface area contributed by atoms with E-state index in [2.05, 4.69) is 36.6 Å². The van der Waals surface area contributed by atoms with Gasteiger partial charge in [0.2, 0.25) is 5.91 Å². The van der Waals surface area contributed by atoms with E-state index in [1.165, 1.54) is 0 Å². The zero-order valence-electron chi connectivity index (χ0n) is 17.3. The molecule has 1 aliphatic rings. The van der Waals surface area contributed by atoms with E-state index in [9.17, 15) is 4.79 Å². The number of pyridine rings is 2. The summed E-state index contributed by atoms with van der Waals surface area (Å²) in [6.45, 7) is 2.93. The fourth-order valence-electron chi connectivity index (χ4n) is 3.48. The Kier molecular flexibility index (Phi) is 9.78. The summed E-state index contributed by atoms with van der Waals surface area (Å²) in [5.74, 6) is 1.46. The van der Waals surface area contributed by atoms with E-state index in [4.69, 9.17) is 5.73 Å².